The van der Waals surface area contributed by atoms with Gasteiger partial charge in [0.25, 0.3) is 0 Å². The Kier molecular flexibility index (Phi) is 8.76. The molecular formula is C66H54N2O. The third-order valence-electron chi connectivity index (χ3n) is 16.5. The van der Waals surface area contributed by atoms with Crippen molar-refractivity contribution >= 4 is 55.8 Å². The largest absolute Gasteiger partial charge is 0.456 e. The number of para-hydroxylation sites is 3. The SMILES string of the molecule is CC1C=CC2=C(C1)N(c1ccccc1)c1ccccc1C21C2=C(C(N(c3ccc(-c4ccc5oc6ccccc6c5c4)cc3)c3ccc4c(c3)C(C)(C)C3=C4C=CCC3C)=CCC2)c2ccccc21. The predicted molar refractivity (Wildman–Crippen MR) is 287 cm³/mol. The maximum atomic E-state index is 6.24. The van der Waals surface area contributed by atoms with E-state index >= 15 is 0 Å². The summed E-state index contributed by atoms with van der Waals surface area (Å²) in [6, 6.07) is 61.4. The molecule has 0 saturated carbocycles. The Morgan fingerprint density at radius 3 is 2.25 bits per heavy atom. The van der Waals surface area contributed by atoms with E-state index < -0.39 is 5.41 Å². The third kappa shape index (κ3) is 5.68. The van der Waals surface area contributed by atoms with E-state index in [-0.39, 0.29) is 5.41 Å². The van der Waals surface area contributed by atoms with Gasteiger partial charge < -0.3 is 14.2 Å². The van der Waals surface area contributed by atoms with Crippen molar-refractivity contribution in [2.45, 2.75) is 64.2 Å². The molecule has 3 unspecified atom stereocenters. The highest BCUT2D eigenvalue weighted by Crippen LogP contribution is 2.65. The first-order valence-corrected chi connectivity index (χ1v) is 25.1. The van der Waals surface area contributed by atoms with Gasteiger partial charge in [-0.25, -0.2) is 0 Å². The summed E-state index contributed by atoms with van der Waals surface area (Å²) in [4.78, 5) is 5.18. The number of furan rings is 1. The monoisotopic (exact) mass is 890 g/mol. The van der Waals surface area contributed by atoms with Gasteiger partial charge in [-0.05, 0) is 159 Å². The molecule has 1 aromatic heterocycles. The van der Waals surface area contributed by atoms with Gasteiger partial charge >= 0.3 is 0 Å². The molecule has 1 spiro atoms. The van der Waals surface area contributed by atoms with Gasteiger partial charge in [-0.1, -0.05) is 161 Å². The van der Waals surface area contributed by atoms with Gasteiger partial charge in [0.05, 0.1) is 16.8 Å². The quantitative estimate of drug-likeness (QED) is 0.172. The van der Waals surface area contributed by atoms with Crippen molar-refractivity contribution in [1.29, 1.82) is 0 Å². The first-order valence-electron chi connectivity index (χ1n) is 25.1. The molecule has 334 valence electrons. The fraction of sp³-hybridized carbons (Fsp3) is 0.182. The lowest BCUT2D eigenvalue weighted by molar-refractivity contribution is 0.530. The number of anilines is 4. The number of fused-ring (bicyclic) bond motifs is 12. The molecule has 14 rings (SSSR count). The molecule has 3 atom stereocenters. The van der Waals surface area contributed by atoms with Crippen molar-refractivity contribution in [1.82, 2.24) is 0 Å². The molecule has 0 saturated heterocycles. The highest BCUT2D eigenvalue weighted by Gasteiger charge is 2.55. The molecule has 0 amide bonds. The van der Waals surface area contributed by atoms with E-state index in [1.807, 2.05) is 6.07 Å². The lowest BCUT2D eigenvalue weighted by Crippen LogP contribution is -2.41. The minimum absolute atomic E-state index is 0.0879. The van der Waals surface area contributed by atoms with Crippen LogP contribution in [0.5, 0.6) is 0 Å². The molecular weight excluding hydrogens is 837 g/mol. The summed E-state index contributed by atoms with van der Waals surface area (Å²) in [6.07, 6.45) is 16.3. The molecule has 5 aliphatic carbocycles. The Bertz CT molecular complexity index is 3680. The van der Waals surface area contributed by atoms with E-state index in [2.05, 4.69) is 226 Å². The summed E-state index contributed by atoms with van der Waals surface area (Å²) in [5.41, 5.74) is 25.3. The van der Waals surface area contributed by atoms with Crippen LogP contribution < -0.4 is 9.80 Å². The van der Waals surface area contributed by atoms with Gasteiger partial charge in [-0.15, -0.1) is 0 Å². The van der Waals surface area contributed by atoms with Crippen LogP contribution in [0.15, 0.2) is 227 Å². The Hall–Kier alpha value is -7.62. The molecule has 2 heterocycles. The molecule has 3 heteroatoms. The third-order valence-corrected chi connectivity index (χ3v) is 16.5. The Morgan fingerprint density at radius 2 is 1.38 bits per heavy atom. The molecule has 0 N–H and O–H groups in total. The molecule has 1 aliphatic heterocycles. The standard InChI is InChI=1S/C66H54N2O/c1-41-28-36-55-60(38-41)68(45-17-6-5-7-18-45)58-25-12-11-23-54(58)66(55)53-22-10-8-20-51(53)63-56(66)24-15-26-59(63)67(47-34-35-48-50-21-14-16-42(2)64(50)65(3,4)57(48)40-47)46-32-29-43(30-33-46)44-31-37-62-52(39-44)49-19-9-13-27-61(49)69-62/h5-14,17-23,25-37,39-42H,15-16,24,38H2,1-4H3. The molecule has 69 heavy (non-hydrogen) atoms. The van der Waals surface area contributed by atoms with E-state index in [1.165, 1.54) is 89.7 Å². The second-order valence-corrected chi connectivity index (χ2v) is 20.8. The maximum Gasteiger partial charge on any atom is 0.135 e. The molecule has 0 fully saturated rings. The average molecular weight is 891 g/mol. The average Bonchev–Trinajstić information content (AvgIpc) is 3.98. The topological polar surface area (TPSA) is 19.6 Å². The normalized spacial score (nSPS) is 21.6. The van der Waals surface area contributed by atoms with Gasteiger partial charge in [0, 0.05) is 44.5 Å². The lowest BCUT2D eigenvalue weighted by Gasteiger charge is -2.48. The number of rotatable bonds is 5. The summed E-state index contributed by atoms with van der Waals surface area (Å²) >= 11 is 0. The van der Waals surface area contributed by atoms with Crippen molar-refractivity contribution in [3.05, 3.63) is 250 Å². The zero-order valence-corrected chi connectivity index (χ0v) is 39.8. The van der Waals surface area contributed by atoms with Crippen molar-refractivity contribution in [3.63, 3.8) is 0 Å². The van der Waals surface area contributed by atoms with E-state index in [4.69, 9.17) is 4.42 Å². The Labute approximate surface area is 405 Å². The number of hydrogen-bond acceptors (Lipinski definition) is 3. The molecule has 7 aromatic carbocycles. The molecule has 0 bridgehead atoms. The predicted octanol–water partition coefficient (Wildman–Crippen LogP) is 17.5. The van der Waals surface area contributed by atoms with Crippen LogP contribution in [0, 0.1) is 11.8 Å². The van der Waals surface area contributed by atoms with Crippen molar-refractivity contribution in [2.75, 3.05) is 9.80 Å². The number of hydrogen-bond donors (Lipinski definition) is 0. The van der Waals surface area contributed by atoms with Crippen LogP contribution >= 0.6 is 0 Å². The van der Waals surface area contributed by atoms with Crippen LogP contribution in [0.1, 0.15) is 81.2 Å². The van der Waals surface area contributed by atoms with Crippen LogP contribution in [-0.4, -0.2) is 0 Å². The number of allylic oxidation sites excluding steroid dienone is 11. The maximum absolute atomic E-state index is 6.24. The highest BCUT2D eigenvalue weighted by molar-refractivity contribution is 6.06. The van der Waals surface area contributed by atoms with Crippen LogP contribution in [-0.2, 0) is 10.8 Å². The van der Waals surface area contributed by atoms with E-state index in [9.17, 15) is 0 Å². The summed E-state index contributed by atoms with van der Waals surface area (Å²) < 4.78 is 6.24. The molecule has 6 aliphatic rings. The molecule has 8 aromatic rings. The van der Waals surface area contributed by atoms with Gasteiger partial charge in [0.15, 0.2) is 0 Å². The fourth-order valence-corrected chi connectivity index (χ4v) is 13.7. The molecule has 3 nitrogen and oxygen atoms in total. The molecule has 0 radical (unpaired) electrons. The zero-order valence-electron chi connectivity index (χ0n) is 39.8. The minimum Gasteiger partial charge on any atom is -0.456 e. The smallest absolute Gasteiger partial charge is 0.135 e. The van der Waals surface area contributed by atoms with Crippen LogP contribution in [0.3, 0.4) is 0 Å². The second-order valence-electron chi connectivity index (χ2n) is 20.8. The minimum atomic E-state index is -0.448. The van der Waals surface area contributed by atoms with E-state index in [0.29, 0.717) is 11.8 Å². The number of benzene rings is 7. The van der Waals surface area contributed by atoms with E-state index in [0.717, 1.165) is 53.3 Å². The van der Waals surface area contributed by atoms with Crippen LogP contribution in [0.2, 0.25) is 0 Å². The summed E-state index contributed by atoms with van der Waals surface area (Å²) in [7, 11) is 0. The fourth-order valence-electron chi connectivity index (χ4n) is 13.7. The zero-order chi connectivity index (χ0) is 46.2. The van der Waals surface area contributed by atoms with Gasteiger partial charge in [0.1, 0.15) is 11.2 Å². The van der Waals surface area contributed by atoms with Gasteiger partial charge in [-0.2, -0.15) is 0 Å². The number of nitrogens with zero attached hydrogens (tertiary/aromatic N) is 2. The lowest BCUT2D eigenvalue weighted by atomic mass is 9.61. The highest BCUT2D eigenvalue weighted by atomic mass is 16.3. The first kappa shape index (κ1) is 40.4. The Morgan fingerprint density at radius 1 is 0.638 bits per heavy atom. The van der Waals surface area contributed by atoms with Gasteiger partial charge in [0.2, 0.25) is 0 Å². The van der Waals surface area contributed by atoms with Gasteiger partial charge in [-0.3, -0.25) is 0 Å². The Balaban J connectivity index is 0.983. The van der Waals surface area contributed by atoms with E-state index in [1.54, 1.807) is 5.57 Å². The van der Waals surface area contributed by atoms with Crippen LogP contribution in [0.25, 0.3) is 44.2 Å². The second kappa shape index (κ2) is 14.9. The first-order chi connectivity index (χ1) is 33.8. The van der Waals surface area contributed by atoms with Crippen LogP contribution in [0.4, 0.5) is 22.7 Å². The summed E-state index contributed by atoms with van der Waals surface area (Å²) in [5, 5.41) is 2.29. The van der Waals surface area contributed by atoms with Crippen molar-refractivity contribution in [3.8, 4) is 11.1 Å². The van der Waals surface area contributed by atoms with Crippen molar-refractivity contribution in [2.24, 2.45) is 11.8 Å². The van der Waals surface area contributed by atoms with Crippen molar-refractivity contribution < 1.29 is 4.42 Å². The summed E-state index contributed by atoms with van der Waals surface area (Å²) in [5.74, 6) is 0.928. The summed E-state index contributed by atoms with van der Waals surface area (Å²) in [6.45, 7) is 9.68.